The van der Waals surface area contributed by atoms with Gasteiger partial charge < -0.3 is 15.4 Å². The highest BCUT2D eigenvalue weighted by atomic mass is 16.4. The van der Waals surface area contributed by atoms with Crippen LogP contribution >= 0.6 is 0 Å². The van der Waals surface area contributed by atoms with Gasteiger partial charge in [0.05, 0.1) is 5.69 Å². The fourth-order valence-electron chi connectivity index (χ4n) is 1.56. The van der Waals surface area contributed by atoms with Crippen LogP contribution in [0.3, 0.4) is 0 Å². The molecule has 0 aromatic carbocycles. The number of aromatic amines is 1. The van der Waals surface area contributed by atoms with Crippen molar-refractivity contribution in [3.05, 3.63) is 17.5 Å². The number of carboxylic acid groups (broad SMARTS) is 1. The highest BCUT2D eigenvalue weighted by Crippen LogP contribution is 2.20. The van der Waals surface area contributed by atoms with E-state index in [0.29, 0.717) is 23.7 Å². The number of anilines is 1. The number of nitrogens with one attached hydrogen (secondary N) is 2. The van der Waals surface area contributed by atoms with Crippen LogP contribution in [0, 0.1) is 12.8 Å². The van der Waals surface area contributed by atoms with Crippen LogP contribution in [-0.4, -0.2) is 22.0 Å². The maximum Gasteiger partial charge on any atom is 0.339 e. The molecule has 0 aliphatic heterocycles. The monoisotopic (exact) mass is 238 g/mol. The van der Waals surface area contributed by atoms with E-state index in [0.717, 1.165) is 6.42 Å². The lowest BCUT2D eigenvalue weighted by Crippen LogP contribution is -2.16. The zero-order valence-corrected chi connectivity index (χ0v) is 10.3. The fourth-order valence-corrected chi connectivity index (χ4v) is 1.56. The quantitative estimate of drug-likeness (QED) is 0.736. The van der Waals surface area contributed by atoms with Crippen molar-refractivity contribution in [2.75, 3.05) is 5.32 Å². The van der Waals surface area contributed by atoms with Gasteiger partial charge in [0.2, 0.25) is 5.91 Å². The van der Waals surface area contributed by atoms with Gasteiger partial charge in [0.15, 0.2) is 0 Å². The molecule has 1 aromatic heterocycles. The van der Waals surface area contributed by atoms with Crippen molar-refractivity contribution in [3.8, 4) is 0 Å². The number of aromatic nitrogens is 1. The van der Waals surface area contributed by atoms with Crippen molar-refractivity contribution in [1.82, 2.24) is 4.98 Å². The average molecular weight is 238 g/mol. The van der Waals surface area contributed by atoms with E-state index in [1.807, 2.05) is 13.8 Å². The second-order valence-electron chi connectivity index (χ2n) is 4.27. The summed E-state index contributed by atoms with van der Waals surface area (Å²) in [5.41, 5.74) is 1.00. The van der Waals surface area contributed by atoms with Crippen LogP contribution in [-0.2, 0) is 4.79 Å². The SMILES string of the molecule is CCC(C)CC(=O)Nc1c[nH]c(C)c1C(=O)O. The van der Waals surface area contributed by atoms with Gasteiger partial charge in [0, 0.05) is 18.3 Å². The summed E-state index contributed by atoms with van der Waals surface area (Å²) in [5.74, 6) is -0.897. The molecule has 17 heavy (non-hydrogen) atoms. The fraction of sp³-hybridized carbons (Fsp3) is 0.500. The molecular formula is C12H18N2O3. The first-order valence-corrected chi connectivity index (χ1v) is 5.66. The number of hydrogen-bond donors (Lipinski definition) is 3. The Kier molecular flexibility index (Phi) is 4.31. The number of amides is 1. The summed E-state index contributed by atoms with van der Waals surface area (Å²) in [4.78, 5) is 25.4. The number of aryl methyl sites for hydroxylation is 1. The minimum atomic E-state index is -1.04. The van der Waals surface area contributed by atoms with E-state index >= 15 is 0 Å². The van der Waals surface area contributed by atoms with Gasteiger partial charge in [-0.25, -0.2) is 4.79 Å². The zero-order valence-electron chi connectivity index (χ0n) is 10.3. The molecule has 0 fully saturated rings. The molecule has 94 valence electrons. The van der Waals surface area contributed by atoms with Crippen LogP contribution < -0.4 is 5.32 Å². The Morgan fingerprint density at radius 1 is 1.53 bits per heavy atom. The van der Waals surface area contributed by atoms with Crippen LogP contribution in [0.15, 0.2) is 6.20 Å². The molecule has 1 atom stereocenters. The maximum absolute atomic E-state index is 11.6. The third-order valence-corrected chi connectivity index (χ3v) is 2.80. The van der Waals surface area contributed by atoms with Gasteiger partial charge in [-0.15, -0.1) is 0 Å². The smallest absolute Gasteiger partial charge is 0.339 e. The normalized spacial score (nSPS) is 12.2. The molecule has 1 rings (SSSR count). The highest BCUT2D eigenvalue weighted by Gasteiger charge is 2.17. The lowest BCUT2D eigenvalue weighted by molar-refractivity contribution is -0.117. The predicted molar refractivity (Wildman–Crippen MR) is 65.2 cm³/mol. The number of carboxylic acids is 1. The number of rotatable bonds is 5. The highest BCUT2D eigenvalue weighted by molar-refractivity contribution is 6.01. The van der Waals surface area contributed by atoms with Crippen LogP contribution in [0.4, 0.5) is 5.69 Å². The molecule has 0 aliphatic rings. The van der Waals surface area contributed by atoms with E-state index in [4.69, 9.17) is 5.11 Å². The van der Waals surface area contributed by atoms with Crippen molar-refractivity contribution in [3.63, 3.8) is 0 Å². The summed E-state index contributed by atoms with van der Waals surface area (Å²) in [6.07, 6.45) is 2.83. The Morgan fingerprint density at radius 3 is 2.71 bits per heavy atom. The van der Waals surface area contributed by atoms with Gasteiger partial charge >= 0.3 is 5.97 Å². The van der Waals surface area contributed by atoms with E-state index in [1.165, 1.54) is 6.20 Å². The molecule has 1 aromatic rings. The number of aromatic carboxylic acids is 1. The molecule has 0 bridgehead atoms. The van der Waals surface area contributed by atoms with Crippen LogP contribution in [0.25, 0.3) is 0 Å². The van der Waals surface area contributed by atoms with Crippen LogP contribution in [0.5, 0.6) is 0 Å². The number of carbonyl (C=O) groups is 2. The second-order valence-corrected chi connectivity index (χ2v) is 4.27. The topological polar surface area (TPSA) is 82.2 Å². The molecule has 0 spiro atoms. The molecule has 1 amide bonds. The van der Waals surface area contributed by atoms with E-state index in [9.17, 15) is 9.59 Å². The summed E-state index contributed by atoms with van der Waals surface area (Å²) < 4.78 is 0. The van der Waals surface area contributed by atoms with Gasteiger partial charge in [0.25, 0.3) is 0 Å². The van der Waals surface area contributed by atoms with E-state index in [1.54, 1.807) is 6.92 Å². The Hall–Kier alpha value is -1.78. The largest absolute Gasteiger partial charge is 0.478 e. The Balaban J connectivity index is 2.75. The first-order valence-electron chi connectivity index (χ1n) is 5.66. The molecule has 0 saturated carbocycles. The lowest BCUT2D eigenvalue weighted by atomic mass is 10.0. The van der Waals surface area contributed by atoms with Crippen molar-refractivity contribution < 1.29 is 14.7 Å². The summed E-state index contributed by atoms with van der Waals surface area (Å²) in [6, 6.07) is 0. The van der Waals surface area contributed by atoms with E-state index in [-0.39, 0.29) is 11.5 Å². The zero-order chi connectivity index (χ0) is 13.0. The number of carbonyl (C=O) groups excluding carboxylic acids is 1. The summed E-state index contributed by atoms with van der Waals surface area (Å²) >= 11 is 0. The maximum atomic E-state index is 11.6. The van der Waals surface area contributed by atoms with Gasteiger partial charge in [-0.05, 0) is 12.8 Å². The number of hydrogen-bond acceptors (Lipinski definition) is 2. The summed E-state index contributed by atoms with van der Waals surface area (Å²) in [5, 5.41) is 11.6. The van der Waals surface area contributed by atoms with Gasteiger partial charge in [0.1, 0.15) is 5.56 Å². The molecule has 0 radical (unpaired) electrons. The lowest BCUT2D eigenvalue weighted by Gasteiger charge is -2.08. The van der Waals surface area contributed by atoms with Crippen molar-refractivity contribution in [2.24, 2.45) is 5.92 Å². The van der Waals surface area contributed by atoms with Crippen LogP contribution in [0.2, 0.25) is 0 Å². The Morgan fingerprint density at radius 2 is 2.18 bits per heavy atom. The van der Waals surface area contributed by atoms with Gasteiger partial charge in [-0.3, -0.25) is 4.79 Å². The number of H-pyrrole nitrogens is 1. The third kappa shape index (κ3) is 3.34. The molecule has 1 heterocycles. The Bertz CT molecular complexity index is 423. The molecule has 3 N–H and O–H groups in total. The van der Waals surface area contributed by atoms with Gasteiger partial charge in [-0.2, -0.15) is 0 Å². The minimum Gasteiger partial charge on any atom is -0.478 e. The molecular weight excluding hydrogens is 220 g/mol. The summed E-state index contributed by atoms with van der Waals surface area (Å²) in [6.45, 7) is 5.66. The van der Waals surface area contributed by atoms with Crippen molar-refractivity contribution in [1.29, 1.82) is 0 Å². The Labute approximate surface area is 100 Å². The third-order valence-electron chi connectivity index (χ3n) is 2.80. The molecule has 5 heteroatoms. The predicted octanol–water partition coefficient (Wildman–Crippen LogP) is 2.40. The van der Waals surface area contributed by atoms with Gasteiger partial charge in [-0.1, -0.05) is 20.3 Å². The first-order chi connectivity index (χ1) is 7.95. The van der Waals surface area contributed by atoms with Crippen molar-refractivity contribution in [2.45, 2.75) is 33.6 Å². The molecule has 5 nitrogen and oxygen atoms in total. The molecule has 0 aliphatic carbocycles. The average Bonchev–Trinajstić information content (AvgIpc) is 2.59. The van der Waals surface area contributed by atoms with Crippen LogP contribution in [0.1, 0.15) is 42.7 Å². The standard InChI is InChI=1S/C12H18N2O3/c1-4-7(2)5-10(15)14-9-6-13-8(3)11(9)12(16)17/h6-7,13H,4-5H2,1-3H3,(H,14,15)(H,16,17). The minimum absolute atomic E-state index is 0.127. The first kappa shape index (κ1) is 13.3. The van der Waals surface area contributed by atoms with Crippen molar-refractivity contribution >= 4 is 17.6 Å². The second kappa shape index (κ2) is 5.52. The summed E-state index contributed by atoms with van der Waals surface area (Å²) in [7, 11) is 0. The van der Waals surface area contributed by atoms with E-state index < -0.39 is 5.97 Å². The molecule has 1 unspecified atom stereocenters. The van der Waals surface area contributed by atoms with E-state index in [2.05, 4.69) is 10.3 Å². The molecule has 0 saturated heterocycles.